The normalized spacial score (nSPS) is 11.7. The van der Waals surface area contributed by atoms with E-state index >= 15 is 0 Å². The zero-order valence-corrected chi connectivity index (χ0v) is 13.6. The lowest BCUT2D eigenvalue weighted by Gasteiger charge is -2.10. The topological polar surface area (TPSA) is 50.8 Å². The number of rotatable bonds is 3. The number of ether oxygens (including phenoxy) is 1. The molecule has 0 saturated carbocycles. The Labute approximate surface area is 150 Å². The summed E-state index contributed by atoms with van der Waals surface area (Å²) in [7, 11) is 0. The number of nitrogens with one attached hydrogen (secondary N) is 1. The minimum atomic E-state index is -4.79. The van der Waals surface area contributed by atoms with Gasteiger partial charge < -0.3 is 4.74 Å². The lowest BCUT2D eigenvalue weighted by Crippen LogP contribution is -2.17. The minimum absolute atomic E-state index is 0.354. The lowest BCUT2D eigenvalue weighted by molar-refractivity contribution is -0.274. The van der Waals surface area contributed by atoms with Crippen LogP contribution < -0.4 is 4.74 Å². The average molecular weight is 373 g/mol. The van der Waals surface area contributed by atoms with Gasteiger partial charge in [0.2, 0.25) is 0 Å². The van der Waals surface area contributed by atoms with Crippen molar-refractivity contribution in [3.63, 3.8) is 0 Å². The van der Waals surface area contributed by atoms with Crippen molar-refractivity contribution in [2.24, 2.45) is 0 Å². The van der Waals surface area contributed by atoms with Gasteiger partial charge in [-0.3, -0.25) is 10.1 Å². The van der Waals surface area contributed by atoms with Crippen molar-refractivity contribution in [2.75, 3.05) is 0 Å². The number of nitrogens with zero attached hydrogens (tertiary/aromatic N) is 2. The van der Waals surface area contributed by atoms with Crippen molar-refractivity contribution < 1.29 is 22.3 Å². The van der Waals surface area contributed by atoms with Crippen molar-refractivity contribution in [2.45, 2.75) is 6.36 Å². The van der Waals surface area contributed by atoms with Gasteiger partial charge in [-0.25, -0.2) is 4.39 Å². The van der Waals surface area contributed by atoms with Crippen LogP contribution in [0.25, 0.3) is 33.4 Å². The van der Waals surface area contributed by atoms with Crippen LogP contribution in [-0.4, -0.2) is 21.5 Å². The molecule has 4 rings (SSSR count). The SMILES string of the molecule is Fc1cccc(-c2nccc3[nH]nc(-c4cccc(OC(F)(F)F)c4)c23)c1. The first-order chi connectivity index (χ1) is 12.9. The second-order valence-corrected chi connectivity index (χ2v) is 5.74. The van der Waals surface area contributed by atoms with Crippen LogP contribution in [0.15, 0.2) is 60.8 Å². The second-order valence-electron chi connectivity index (χ2n) is 5.74. The monoisotopic (exact) mass is 373 g/mol. The maximum atomic E-state index is 13.6. The molecule has 0 aliphatic carbocycles. The van der Waals surface area contributed by atoms with Gasteiger partial charge in [0.1, 0.15) is 17.3 Å². The van der Waals surface area contributed by atoms with E-state index in [0.29, 0.717) is 33.4 Å². The number of fused-ring (bicyclic) bond motifs is 1. The molecule has 0 spiro atoms. The molecule has 0 fully saturated rings. The smallest absolute Gasteiger partial charge is 0.406 e. The molecule has 27 heavy (non-hydrogen) atoms. The number of halogens is 4. The molecule has 0 saturated heterocycles. The van der Waals surface area contributed by atoms with Crippen molar-refractivity contribution >= 4 is 10.9 Å². The van der Waals surface area contributed by atoms with E-state index in [-0.39, 0.29) is 5.75 Å². The summed E-state index contributed by atoms with van der Waals surface area (Å²) in [6.07, 6.45) is -3.24. The van der Waals surface area contributed by atoms with E-state index in [1.807, 2.05) is 0 Å². The van der Waals surface area contributed by atoms with E-state index in [9.17, 15) is 17.6 Å². The Balaban J connectivity index is 1.88. The lowest BCUT2D eigenvalue weighted by atomic mass is 10.0. The van der Waals surface area contributed by atoms with Crippen molar-refractivity contribution in [3.8, 4) is 28.3 Å². The summed E-state index contributed by atoms with van der Waals surface area (Å²) in [4.78, 5) is 4.32. The van der Waals surface area contributed by atoms with Crippen molar-refractivity contribution in [3.05, 3.63) is 66.6 Å². The molecule has 0 bridgehead atoms. The van der Waals surface area contributed by atoms with E-state index in [1.165, 1.54) is 30.3 Å². The fourth-order valence-corrected chi connectivity index (χ4v) is 2.87. The molecule has 0 amide bonds. The van der Waals surface area contributed by atoms with Crippen molar-refractivity contribution in [1.82, 2.24) is 15.2 Å². The fraction of sp³-hybridized carbons (Fsp3) is 0.0526. The fourth-order valence-electron chi connectivity index (χ4n) is 2.87. The Morgan fingerprint density at radius 3 is 2.37 bits per heavy atom. The third-order valence-electron chi connectivity index (χ3n) is 3.92. The number of H-pyrrole nitrogens is 1. The molecule has 4 aromatic rings. The maximum Gasteiger partial charge on any atom is 0.573 e. The van der Waals surface area contributed by atoms with Gasteiger partial charge in [0.15, 0.2) is 0 Å². The first-order valence-electron chi connectivity index (χ1n) is 7.86. The molecule has 2 aromatic carbocycles. The van der Waals surface area contributed by atoms with Crippen LogP contribution in [0.3, 0.4) is 0 Å². The summed E-state index contributed by atoms with van der Waals surface area (Å²) < 4.78 is 55.1. The Morgan fingerprint density at radius 2 is 1.63 bits per heavy atom. The van der Waals surface area contributed by atoms with E-state index < -0.39 is 12.2 Å². The predicted molar refractivity (Wildman–Crippen MR) is 91.4 cm³/mol. The number of aromatic nitrogens is 3. The van der Waals surface area contributed by atoms with Crippen LogP contribution >= 0.6 is 0 Å². The van der Waals surface area contributed by atoms with Crippen LogP contribution in [0.4, 0.5) is 17.6 Å². The van der Waals surface area contributed by atoms with Crippen LogP contribution in [0.1, 0.15) is 0 Å². The molecule has 2 aromatic heterocycles. The number of aromatic amines is 1. The molecular weight excluding hydrogens is 362 g/mol. The second kappa shape index (κ2) is 6.39. The third-order valence-corrected chi connectivity index (χ3v) is 3.92. The summed E-state index contributed by atoms with van der Waals surface area (Å²) in [6, 6.07) is 13.1. The molecule has 2 heterocycles. The Morgan fingerprint density at radius 1 is 0.889 bits per heavy atom. The average Bonchev–Trinajstić information content (AvgIpc) is 3.04. The molecule has 0 aliphatic rings. The van der Waals surface area contributed by atoms with Crippen LogP contribution in [-0.2, 0) is 0 Å². The highest BCUT2D eigenvalue weighted by atomic mass is 19.4. The molecule has 8 heteroatoms. The summed E-state index contributed by atoms with van der Waals surface area (Å²) in [5, 5.41) is 7.62. The zero-order chi connectivity index (χ0) is 19.0. The molecule has 0 radical (unpaired) electrons. The quantitative estimate of drug-likeness (QED) is 0.494. The molecule has 136 valence electrons. The number of benzene rings is 2. The number of alkyl halides is 3. The molecule has 1 N–H and O–H groups in total. The van der Waals surface area contributed by atoms with Gasteiger partial charge in [0.25, 0.3) is 0 Å². The summed E-state index contributed by atoms with van der Waals surface area (Å²) in [5.74, 6) is -0.774. The van der Waals surface area contributed by atoms with Gasteiger partial charge in [-0.1, -0.05) is 24.3 Å². The Hall–Kier alpha value is -3.42. The van der Waals surface area contributed by atoms with Crippen molar-refractivity contribution in [1.29, 1.82) is 0 Å². The highest BCUT2D eigenvalue weighted by molar-refractivity contribution is 6.02. The highest BCUT2D eigenvalue weighted by Crippen LogP contribution is 2.35. The van der Waals surface area contributed by atoms with E-state index in [2.05, 4.69) is 19.9 Å². The highest BCUT2D eigenvalue weighted by Gasteiger charge is 2.31. The summed E-state index contributed by atoms with van der Waals surface area (Å²) in [5.41, 5.74) is 2.43. The predicted octanol–water partition coefficient (Wildman–Crippen LogP) is 5.33. The molecule has 0 unspecified atom stereocenters. The summed E-state index contributed by atoms with van der Waals surface area (Å²) >= 11 is 0. The standard InChI is InChI=1S/C19H11F4N3O/c20-13-5-1-3-11(9-13)17-16-15(7-8-24-17)25-26-18(16)12-4-2-6-14(10-12)27-19(21,22)23/h1-10H,(H,25,26). The molecule has 0 aliphatic heterocycles. The van der Waals surface area contributed by atoms with E-state index in [0.717, 1.165) is 0 Å². The van der Waals surface area contributed by atoms with Gasteiger partial charge >= 0.3 is 6.36 Å². The molecule has 0 atom stereocenters. The number of hydrogen-bond acceptors (Lipinski definition) is 3. The van der Waals surface area contributed by atoms with Gasteiger partial charge in [0.05, 0.1) is 16.6 Å². The van der Waals surface area contributed by atoms with Gasteiger partial charge in [-0.2, -0.15) is 5.10 Å². The Kier molecular flexibility index (Phi) is 4.02. The van der Waals surface area contributed by atoms with E-state index in [1.54, 1.807) is 30.5 Å². The maximum absolute atomic E-state index is 13.6. The van der Waals surface area contributed by atoms with Gasteiger partial charge in [-0.05, 0) is 30.3 Å². The van der Waals surface area contributed by atoms with Crippen LogP contribution in [0.2, 0.25) is 0 Å². The third kappa shape index (κ3) is 3.46. The van der Waals surface area contributed by atoms with Gasteiger partial charge in [0, 0.05) is 17.3 Å². The minimum Gasteiger partial charge on any atom is -0.406 e. The number of hydrogen-bond donors (Lipinski definition) is 1. The summed E-state index contributed by atoms with van der Waals surface area (Å²) in [6.45, 7) is 0. The first kappa shape index (κ1) is 17.0. The Bertz CT molecular complexity index is 1120. The van der Waals surface area contributed by atoms with Gasteiger partial charge in [-0.15, -0.1) is 13.2 Å². The largest absolute Gasteiger partial charge is 0.573 e. The molecular formula is C19H11F4N3O. The van der Waals surface area contributed by atoms with Crippen LogP contribution in [0, 0.1) is 5.82 Å². The zero-order valence-electron chi connectivity index (χ0n) is 13.6. The van der Waals surface area contributed by atoms with E-state index in [4.69, 9.17) is 0 Å². The molecule has 4 nitrogen and oxygen atoms in total. The first-order valence-corrected chi connectivity index (χ1v) is 7.86. The van der Waals surface area contributed by atoms with Crippen LogP contribution in [0.5, 0.6) is 5.75 Å². The number of pyridine rings is 1.